The number of benzene rings is 1. The van der Waals surface area contributed by atoms with E-state index in [1.54, 1.807) is 17.0 Å². The van der Waals surface area contributed by atoms with Gasteiger partial charge in [0.05, 0.1) is 6.61 Å². The average molecular weight is 304 g/mol. The molecule has 1 fully saturated rings. The predicted octanol–water partition coefficient (Wildman–Crippen LogP) is 2.20. The third kappa shape index (κ3) is 4.23. The number of primary amides is 1. The number of hydrogen-bond acceptors (Lipinski definition) is 3. The highest BCUT2D eigenvalue weighted by Crippen LogP contribution is 2.20. The molecule has 1 saturated heterocycles. The fraction of sp³-hybridized carbons (Fsp3) is 0.529. The van der Waals surface area contributed by atoms with Crippen LogP contribution in [0, 0.1) is 5.92 Å². The van der Waals surface area contributed by atoms with Gasteiger partial charge in [0.1, 0.15) is 5.75 Å². The van der Waals surface area contributed by atoms with Crippen LogP contribution in [0.5, 0.6) is 5.75 Å². The number of amides is 2. The number of rotatable bonds is 6. The summed E-state index contributed by atoms with van der Waals surface area (Å²) in [5, 5.41) is 0. The van der Waals surface area contributed by atoms with Gasteiger partial charge < -0.3 is 15.4 Å². The highest BCUT2D eigenvalue weighted by atomic mass is 16.5. The molecule has 1 aromatic carbocycles. The van der Waals surface area contributed by atoms with Crippen molar-refractivity contribution < 1.29 is 14.3 Å². The average Bonchev–Trinajstić information content (AvgIpc) is 2.55. The van der Waals surface area contributed by atoms with E-state index in [1.165, 1.54) is 0 Å². The van der Waals surface area contributed by atoms with Crippen molar-refractivity contribution in [3.05, 3.63) is 29.8 Å². The highest BCUT2D eigenvalue weighted by molar-refractivity contribution is 5.94. The lowest BCUT2D eigenvalue weighted by Gasteiger charge is -2.30. The Morgan fingerprint density at radius 2 is 1.86 bits per heavy atom. The van der Waals surface area contributed by atoms with Gasteiger partial charge in [0, 0.05) is 24.6 Å². The summed E-state index contributed by atoms with van der Waals surface area (Å²) >= 11 is 0. The number of ether oxygens (including phenoxy) is 1. The molecule has 0 saturated carbocycles. The Balaban J connectivity index is 1.89. The van der Waals surface area contributed by atoms with E-state index in [4.69, 9.17) is 10.5 Å². The monoisotopic (exact) mass is 304 g/mol. The molecule has 5 nitrogen and oxygen atoms in total. The minimum absolute atomic E-state index is 0.00280. The van der Waals surface area contributed by atoms with E-state index in [0.29, 0.717) is 38.1 Å². The van der Waals surface area contributed by atoms with E-state index in [-0.39, 0.29) is 17.7 Å². The van der Waals surface area contributed by atoms with Crippen LogP contribution in [0.15, 0.2) is 24.3 Å². The van der Waals surface area contributed by atoms with Crippen LogP contribution < -0.4 is 10.5 Å². The fourth-order valence-corrected chi connectivity index (χ4v) is 2.58. The summed E-state index contributed by atoms with van der Waals surface area (Å²) in [5.74, 6) is 0.430. The summed E-state index contributed by atoms with van der Waals surface area (Å²) in [5.41, 5.74) is 5.96. The van der Waals surface area contributed by atoms with Crippen LogP contribution in [0.4, 0.5) is 0 Å². The molecule has 0 aromatic heterocycles. The van der Waals surface area contributed by atoms with E-state index < -0.39 is 0 Å². The second-order valence-electron chi connectivity index (χ2n) is 5.70. The van der Waals surface area contributed by atoms with E-state index in [9.17, 15) is 9.59 Å². The SMILES string of the molecule is CCCCOc1ccc(C(=O)N2CCC(C(N)=O)CC2)cc1. The van der Waals surface area contributed by atoms with Crippen LogP contribution in [0.2, 0.25) is 0 Å². The molecule has 0 aliphatic carbocycles. The molecule has 1 aromatic rings. The van der Waals surface area contributed by atoms with Crippen molar-refractivity contribution in [3.63, 3.8) is 0 Å². The van der Waals surface area contributed by atoms with Crippen molar-refractivity contribution in [2.45, 2.75) is 32.6 Å². The number of piperidine rings is 1. The molecule has 1 heterocycles. The number of nitrogens with zero attached hydrogens (tertiary/aromatic N) is 1. The fourth-order valence-electron chi connectivity index (χ4n) is 2.58. The largest absolute Gasteiger partial charge is 0.494 e. The maximum Gasteiger partial charge on any atom is 0.253 e. The summed E-state index contributed by atoms with van der Waals surface area (Å²) in [6, 6.07) is 7.26. The molecule has 5 heteroatoms. The van der Waals surface area contributed by atoms with Crippen LogP contribution in [-0.4, -0.2) is 36.4 Å². The first-order chi connectivity index (χ1) is 10.6. The second-order valence-corrected chi connectivity index (χ2v) is 5.70. The van der Waals surface area contributed by atoms with E-state index in [1.807, 2.05) is 12.1 Å². The maximum atomic E-state index is 12.4. The summed E-state index contributed by atoms with van der Waals surface area (Å²) in [6.45, 7) is 3.99. The van der Waals surface area contributed by atoms with Gasteiger partial charge in [0.2, 0.25) is 5.91 Å². The van der Waals surface area contributed by atoms with Gasteiger partial charge in [0.25, 0.3) is 5.91 Å². The Morgan fingerprint density at radius 3 is 2.41 bits per heavy atom. The quantitative estimate of drug-likeness (QED) is 0.819. The van der Waals surface area contributed by atoms with Crippen molar-refractivity contribution >= 4 is 11.8 Å². The molecule has 2 amide bonds. The van der Waals surface area contributed by atoms with Crippen molar-refractivity contribution in [1.29, 1.82) is 0 Å². The van der Waals surface area contributed by atoms with Gasteiger partial charge in [-0.3, -0.25) is 9.59 Å². The summed E-state index contributed by atoms with van der Waals surface area (Å²) in [4.78, 5) is 25.4. The molecule has 0 unspecified atom stereocenters. The lowest BCUT2D eigenvalue weighted by atomic mass is 9.96. The van der Waals surface area contributed by atoms with Crippen LogP contribution in [0.1, 0.15) is 43.0 Å². The predicted molar refractivity (Wildman–Crippen MR) is 84.7 cm³/mol. The molecular formula is C17H24N2O3. The minimum Gasteiger partial charge on any atom is -0.494 e. The van der Waals surface area contributed by atoms with Crippen molar-refractivity contribution in [3.8, 4) is 5.75 Å². The summed E-state index contributed by atoms with van der Waals surface area (Å²) in [6.07, 6.45) is 3.42. The Labute approximate surface area is 131 Å². The van der Waals surface area contributed by atoms with Crippen LogP contribution in [0.3, 0.4) is 0 Å². The zero-order chi connectivity index (χ0) is 15.9. The number of unbranched alkanes of at least 4 members (excludes halogenated alkanes) is 1. The van der Waals surface area contributed by atoms with Gasteiger partial charge in [-0.1, -0.05) is 13.3 Å². The van der Waals surface area contributed by atoms with Gasteiger partial charge >= 0.3 is 0 Å². The Morgan fingerprint density at radius 1 is 1.23 bits per heavy atom. The summed E-state index contributed by atoms with van der Waals surface area (Å²) < 4.78 is 5.59. The molecule has 0 spiro atoms. The zero-order valence-electron chi connectivity index (χ0n) is 13.1. The molecule has 2 N–H and O–H groups in total. The normalized spacial score (nSPS) is 15.6. The standard InChI is InChI=1S/C17H24N2O3/c1-2-3-12-22-15-6-4-14(5-7-15)17(21)19-10-8-13(9-11-19)16(18)20/h4-7,13H,2-3,8-12H2,1H3,(H2,18,20). The molecular weight excluding hydrogens is 280 g/mol. The second kappa shape index (κ2) is 7.82. The molecule has 2 rings (SSSR count). The summed E-state index contributed by atoms with van der Waals surface area (Å²) in [7, 11) is 0. The van der Waals surface area contributed by atoms with E-state index in [2.05, 4.69) is 6.92 Å². The Kier molecular flexibility index (Phi) is 5.81. The number of likely N-dealkylation sites (tertiary alicyclic amines) is 1. The number of nitrogens with two attached hydrogens (primary N) is 1. The molecule has 0 radical (unpaired) electrons. The van der Waals surface area contributed by atoms with Gasteiger partial charge in [-0.25, -0.2) is 0 Å². The van der Waals surface area contributed by atoms with Gasteiger partial charge in [-0.2, -0.15) is 0 Å². The highest BCUT2D eigenvalue weighted by Gasteiger charge is 2.26. The first-order valence-corrected chi connectivity index (χ1v) is 7.93. The number of hydrogen-bond donors (Lipinski definition) is 1. The van der Waals surface area contributed by atoms with Gasteiger partial charge in [-0.05, 0) is 43.5 Å². The minimum atomic E-state index is -0.263. The Bertz CT molecular complexity index is 505. The molecule has 0 bridgehead atoms. The molecule has 22 heavy (non-hydrogen) atoms. The number of carbonyl (C=O) groups is 2. The molecule has 1 aliphatic heterocycles. The van der Waals surface area contributed by atoms with Gasteiger partial charge in [0.15, 0.2) is 0 Å². The van der Waals surface area contributed by atoms with Crippen LogP contribution >= 0.6 is 0 Å². The lowest BCUT2D eigenvalue weighted by molar-refractivity contribution is -0.123. The van der Waals surface area contributed by atoms with Crippen LogP contribution in [0.25, 0.3) is 0 Å². The van der Waals surface area contributed by atoms with Crippen molar-refractivity contribution in [2.24, 2.45) is 11.7 Å². The number of carbonyl (C=O) groups excluding carboxylic acids is 2. The lowest BCUT2D eigenvalue weighted by Crippen LogP contribution is -2.41. The van der Waals surface area contributed by atoms with Gasteiger partial charge in [-0.15, -0.1) is 0 Å². The van der Waals surface area contributed by atoms with Crippen molar-refractivity contribution in [1.82, 2.24) is 4.90 Å². The smallest absolute Gasteiger partial charge is 0.253 e. The van der Waals surface area contributed by atoms with E-state index >= 15 is 0 Å². The van der Waals surface area contributed by atoms with Crippen LogP contribution in [-0.2, 0) is 4.79 Å². The zero-order valence-corrected chi connectivity index (χ0v) is 13.1. The molecule has 0 atom stereocenters. The maximum absolute atomic E-state index is 12.4. The third-order valence-electron chi connectivity index (χ3n) is 4.05. The first-order valence-electron chi connectivity index (χ1n) is 7.93. The topological polar surface area (TPSA) is 72.6 Å². The Hall–Kier alpha value is -2.04. The van der Waals surface area contributed by atoms with Crippen molar-refractivity contribution in [2.75, 3.05) is 19.7 Å². The third-order valence-corrected chi connectivity index (χ3v) is 4.05. The first kappa shape index (κ1) is 16.3. The molecule has 1 aliphatic rings. The molecule has 120 valence electrons. The van der Waals surface area contributed by atoms with E-state index in [0.717, 1.165) is 18.6 Å².